The van der Waals surface area contributed by atoms with Gasteiger partial charge >= 0.3 is 0 Å². The molecule has 1 aromatic carbocycles. The molecule has 2 nitrogen and oxygen atoms in total. The van der Waals surface area contributed by atoms with Crippen LogP contribution in [0, 0.1) is 17.2 Å². The summed E-state index contributed by atoms with van der Waals surface area (Å²) in [6, 6.07) is 6.40. The maximum absolute atomic E-state index is 13.0. The molecule has 0 amide bonds. The summed E-state index contributed by atoms with van der Waals surface area (Å²) in [6.45, 7) is 4.63. The number of hydrogen-bond donors (Lipinski definition) is 2. The van der Waals surface area contributed by atoms with Crippen molar-refractivity contribution >= 4 is 0 Å². The topological polar surface area (TPSA) is 46.2 Å². The van der Waals surface area contributed by atoms with E-state index in [0.29, 0.717) is 18.9 Å². The van der Waals surface area contributed by atoms with Crippen molar-refractivity contribution in [1.29, 1.82) is 0 Å². The molecule has 3 atom stereocenters. The van der Waals surface area contributed by atoms with Gasteiger partial charge in [0, 0.05) is 18.4 Å². The first-order valence-electron chi connectivity index (χ1n) is 7.55. The lowest BCUT2D eigenvalue weighted by Gasteiger charge is -2.49. The van der Waals surface area contributed by atoms with Gasteiger partial charge in [-0.15, -0.1) is 0 Å². The number of benzene rings is 1. The fourth-order valence-corrected chi connectivity index (χ4v) is 3.74. The van der Waals surface area contributed by atoms with E-state index in [1.807, 2.05) is 6.92 Å². The molecule has 112 valence electrons. The smallest absolute Gasteiger partial charge is 0.123 e. The SMILES string of the molecule is CC1CCCC(CN)(C(C)(O)Cc2ccc(F)cc2)C1. The molecule has 1 fully saturated rings. The Kier molecular flexibility index (Phi) is 4.50. The first-order valence-corrected chi connectivity index (χ1v) is 7.55. The van der Waals surface area contributed by atoms with Gasteiger partial charge in [-0.2, -0.15) is 0 Å². The van der Waals surface area contributed by atoms with Crippen molar-refractivity contribution in [3.8, 4) is 0 Å². The second-order valence-electron chi connectivity index (χ2n) is 6.76. The number of halogens is 1. The predicted octanol–water partition coefficient (Wildman–Crippen LogP) is 3.27. The Morgan fingerprint density at radius 1 is 1.40 bits per heavy atom. The van der Waals surface area contributed by atoms with Crippen LogP contribution in [0.25, 0.3) is 0 Å². The van der Waals surface area contributed by atoms with Crippen LogP contribution in [0.3, 0.4) is 0 Å². The number of hydrogen-bond acceptors (Lipinski definition) is 2. The Morgan fingerprint density at radius 2 is 2.05 bits per heavy atom. The number of aliphatic hydroxyl groups is 1. The van der Waals surface area contributed by atoms with Crippen LogP contribution >= 0.6 is 0 Å². The average Bonchev–Trinajstić information content (AvgIpc) is 2.41. The molecule has 0 radical (unpaired) electrons. The molecule has 3 heteroatoms. The standard InChI is InChI=1S/C17H26FNO/c1-13-4-3-9-17(10-13,12-19)16(2,20)11-14-5-7-15(18)8-6-14/h5-8,13,20H,3-4,9-12,19H2,1-2H3. The van der Waals surface area contributed by atoms with Gasteiger partial charge in [-0.1, -0.05) is 31.9 Å². The van der Waals surface area contributed by atoms with Crippen LogP contribution in [0.4, 0.5) is 4.39 Å². The molecule has 0 saturated heterocycles. The lowest BCUT2D eigenvalue weighted by atomic mass is 9.60. The fraction of sp³-hybridized carbons (Fsp3) is 0.647. The van der Waals surface area contributed by atoms with E-state index in [2.05, 4.69) is 6.92 Å². The van der Waals surface area contributed by atoms with Gasteiger partial charge in [0.15, 0.2) is 0 Å². The minimum Gasteiger partial charge on any atom is -0.389 e. The molecule has 20 heavy (non-hydrogen) atoms. The first kappa shape index (κ1) is 15.5. The van der Waals surface area contributed by atoms with Crippen LogP contribution in [0.1, 0.15) is 45.1 Å². The highest BCUT2D eigenvalue weighted by molar-refractivity contribution is 5.19. The van der Waals surface area contributed by atoms with E-state index >= 15 is 0 Å². The molecule has 0 spiro atoms. The van der Waals surface area contributed by atoms with E-state index in [4.69, 9.17) is 5.73 Å². The summed E-state index contributed by atoms with van der Waals surface area (Å²) < 4.78 is 13.0. The van der Waals surface area contributed by atoms with E-state index in [9.17, 15) is 9.50 Å². The minimum absolute atomic E-state index is 0.223. The molecule has 1 aliphatic carbocycles. The summed E-state index contributed by atoms with van der Waals surface area (Å²) >= 11 is 0. The third-order valence-corrected chi connectivity index (χ3v) is 5.09. The second kappa shape index (κ2) is 5.82. The van der Waals surface area contributed by atoms with E-state index in [1.165, 1.54) is 18.6 Å². The predicted molar refractivity (Wildman–Crippen MR) is 79.8 cm³/mol. The third kappa shape index (κ3) is 3.04. The van der Waals surface area contributed by atoms with Crippen molar-refractivity contribution < 1.29 is 9.50 Å². The van der Waals surface area contributed by atoms with Crippen LogP contribution in [0.5, 0.6) is 0 Å². The molecule has 3 N–H and O–H groups in total. The highest BCUT2D eigenvalue weighted by Crippen LogP contribution is 2.47. The highest BCUT2D eigenvalue weighted by Gasteiger charge is 2.47. The summed E-state index contributed by atoms with van der Waals surface area (Å²) in [7, 11) is 0. The summed E-state index contributed by atoms with van der Waals surface area (Å²) in [6.07, 6.45) is 4.81. The summed E-state index contributed by atoms with van der Waals surface area (Å²) in [5.41, 5.74) is 5.93. The maximum atomic E-state index is 13.0. The number of nitrogens with two attached hydrogens (primary N) is 1. The van der Waals surface area contributed by atoms with Gasteiger partial charge in [-0.05, 0) is 43.4 Å². The molecule has 0 heterocycles. The summed E-state index contributed by atoms with van der Waals surface area (Å²) in [5, 5.41) is 11.1. The normalized spacial score (nSPS) is 29.9. The fourth-order valence-electron chi connectivity index (χ4n) is 3.74. The molecule has 1 aliphatic rings. The molecule has 2 rings (SSSR count). The van der Waals surface area contributed by atoms with Crippen LogP contribution in [0.2, 0.25) is 0 Å². The van der Waals surface area contributed by atoms with Crippen molar-refractivity contribution in [3.63, 3.8) is 0 Å². The Hall–Kier alpha value is -0.930. The average molecular weight is 279 g/mol. The summed E-state index contributed by atoms with van der Waals surface area (Å²) in [5.74, 6) is 0.361. The monoisotopic (exact) mass is 279 g/mol. The van der Waals surface area contributed by atoms with E-state index in [1.54, 1.807) is 12.1 Å². The van der Waals surface area contributed by atoms with Gasteiger partial charge in [-0.25, -0.2) is 4.39 Å². The van der Waals surface area contributed by atoms with E-state index in [-0.39, 0.29) is 11.2 Å². The zero-order chi connectivity index (χ0) is 14.8. The Balaban J connectivity index is 2.20. The molecular weight excluding hydrogens is 253 g/mol. The largest absolute Gasteiger partial charge is 0.389 e. The van der Waals surface area contributed by atoms with Crippen LogP contribution in [-0.4, -0.2) is 17.3 Å². The van der Waals surface area contributed by atoms with E-state index < -0.39 is 5.60 Å². The zero-order valence-electron chi connectivity index (χ0n) is 12.5. The van der Waals surface area contributed by atoms with Gasteiger partial charge in [-0.3, -0.25) is 0 Å². The lowest BCUT2D eigenvalue weighted by Crippen LogP contribution is -2.54. The summed E-state index contributed by atoms with van der Waals surface area (Å²) in [4.78, 5) is 0. The van der Waals surface area contributed by atoms with Crippen molar-refractivity contribution in [2.24, 2.45) is 17.1 Å². The molecule has 1 saturated carbocycles. The van der Waals surface area contributed by atoms with Crippen LogP contribution in [0.15, 0.2) is 24.3 Å². The second-order valence-corrected chi connectivity index (χ2v) is 6.76. The van der Waals surface area contributed by atoms with Gasteiger partial charge in [0.1, 0.15) is 5.82 Å². The lowest BCUT2D eigenvalue weighted by molar-refractivity contribution is -0.0936. The van der Waals surface area contributed by atoms with Crippen molar-refractivity contribution in [3.05, 3.63) is 35.6 Å². The quantitative estimate of drug-likeness (QED) is 0.888. The van der Waals surface area contributed by atoms with Gasteiger partial charge in [0.2, 0.25) is 0 Å². The third-order valence-electron chi connectivity index (χ3n) is 5.09. The molecule has 1 aromatic rings. The maximum Gasteiger partial charge on any atom is 0.123 e. The molecule has 0 aliphatic heterocycles. The van der Waals surface area contributed by atoms with Crippen LogP contribution < -0.4 is 5.73 Å². The molecule has 0 bridgehead atoms. The Morgan fingerprint density at radius 3 is 2.60 bits per heavy atom. The Bertz CT molecular complexity index is 443. The molecule has 0 aromatic heterocycles. The first-order chi connectivity index (χ1) is 9.38. The Labute approximate surface area is 121 Å². The highest BCUT2D eigenvalue weighted by atomic mass is 19.1. The van der Waals surface area contributed by atoms with Gasteiger partial charge in [0.05, 0.1) is 5.60 Å². The minimum atomic E-state index is -0.853. The van der Waals surface area contributed by atoms with Gasteiger partial charge in [0.25, 0.3) is 0 Å². The van der Waals surface area contributed by atoms with Crippen molar-refractivity contribution in [1.82, 2.24) is 0 Å². The van der Waals surface area contributed by atoms with Crippen LogP contribution in [-0.2, 0) is 6.42 Å². The van der Waals surface area contributed by atoms with Gasteiger partial charge < -0.3 is 10.8 Å². The van der Waals surface area contributed by atoms with Crippen molar-refractivity contribution in [2.45, 2.75) is 51.6 Å². The zero-order valence-corrected chi connectivity index (χ0v) is 12.5. The van der Waals surface area contributed by atoms with Crippen molar-refractivity contribution in [2.75, 3.05) is 6.54 Å². The molecular formula is C17H26FNO. The van der Waals surface area contributed by atoms with E-state index in [0.717, 1.165) is 24.8 Å². The number of rotatable bonds is 4. The molecule has 3 unspecified atom stereocenters.